The molecule has 192 valence electrons. The summed E-state index contributed by atoms with van der Waals surface area (Å²) in [6.45, 7) is 4.48. The van der Waals surface area contributed by atoms with Crippen molar-refractivity contribution in [3.8, 4) is 5.75 Å². The smallest absolute Gasteiger partial charge is 0.330 e. The van der Waals surface area contributed by atoms with E-state index >= 15 is 0 Å². The van der Waals surface area contributed by atoms with Gasteiger partial charge < -0.3 is 10.5 Å². The minimum absolute atomic E-state index is 0.0121. The Morgan fingerprint density at radius 3 is 2.44 bits per heavy atom. The number of para-hydroxylation sites is 1. The summed E-state index contributed by atoms with van der Waals surface area (Å²) in [4.78, 5) is 44.8. The number of nitrogens with two attached hydrogens (primary N) is 1. The molecule has 3 aromatic rings. The van der Waals surface area contributed by atoms with E-state index in [1.54, 1.807) is 7.11 Å². The van der Waals surface area contributed by atoms with E-state index in [0.29, 0.717) is 13.0 Å². The predicted molar refractivity (Wildman–Crippen MR) is 142 cm³/mol. The fourth-order valence-electron chi connectivity index (χ4n) is 4.12. The molecule has 0 aliphatic rings. The Hall–Kier alpha value is -3.85. The van der Waals surface area contributed by atoms with Gasteiger partial charge in [-0.15, -0.1) is 0 Å². The fraction of sp³-hybridized carbons (Fsp3) is 0.370. The van der Waals surface area contributed by atoms with E-state index in [9.17, 15) is 14.4 Å². The van der Waals surface area contributed by atoms with E-state index in [2.05, 4.69) is 4.98 Å². The molecular weight excluding hydrogens is 458 g/mol. The number of nitrogens with one attached hydrogen (secondary N) is 1. The number of ether oxygens (including phenoxy) is 1. The third-order valence-electron chi connectivity index (χ3n) is 6.34. The van der Waals surface area contributed by atoms with Gasteiger partial charge >= 0.3 is 5.69 Å². The normalized spacial score (nSPS) is 11.9. The highest BCUT2D eigenvalue weighted by atomic mass is 16.5. The molecule has 1 amide bonds. The Balaban J connectivity index is 1.99. The van der Waals surface area contributed by atoms with Crippen LogP contribution in [0.2, 0.25) is 0 Å². The van der Waals surface area contributed by atoms with E-state index in [1.807, 2.05) is 80.4 Å². The van der Waals surface area contributed by atoms with Crippen LogP contribution in [0.4, 0.5) is 11.5 Å². The quantitative estimate of drug-likeness (QED) is 0.424. The van der Waals surface area contributed by atoms with Crippen molar-refractivity contribution >= 4 is 17.4 Å². The van der Waals surface area contributed by atoms with E-state index in [1.165, 1.54) is 9.47 Å². The van der Waals surface area contributed by atoms with Crippen LogP contribution < -0.4 is 26.6 Å². The second-order valence-electron chi connectivity index (χ2n) is 8.80. The van der Waals surface area contributed by atoms with Crippen molar-refractivity contribution < 1.29 is 9.53 Å². The standard InChI is InChI=1S/C27H35N5O4/c1-5-6-16-31-25(28)24(26(34)29-27(31)35)32(17-20-12-8-7-9-13-20)23(33)18-30(3)19(2)21-14-10-11-15-22(21)36-4/h7-15,19H,5-6,16-18,28H2,1-4H3,(H,29,34,35). The largest absolute Gasteiger partial charge is 0.496 e. The zero-order chi connectivity index (χ0) is 26.2. The zero-order valence-electron chi connectivity index (χ0n) is 21.4. The second kappa shape index (κ2) is 12.2. The number of aromatic nitrogens is 2. The number of rotatable bonds is 11. The highest BCUT2D eigenvalue weighted by molar-refractivity contribution is 5.96. The molecule has 3 N–H and O–H groups in total. The van der Waals surface area contributed by atoms with Gasteiger partial charge in [-0.25, -0.2) is 4.79 Å². The van der Waals surface area contributed by atoms with Crippen molar-refractivity contribution in [2.45, 2.75) is 45.8 Å². The molecule has 0 spiro atoms. The van der Waals surface area contributed by atoms with Crippen LogP contribution in [-0.4, -0.2) is 41.1 Å². The number of methoxy groups -OCH3 is 1. The van der Waals surface area contributed by atoms with Gasteiger partial charge in [0.25, 0.3) is 5.56 Å². The summed E-state index contributed by atoms with van der Waals surface area (Å²) < 4.78 is 6.82. The number of carbonyl (C=O) groups is 1. The number of benzene rings is 2. The zero-order valence-corrected chi connectivity index (χ0v) is 21.4. The van der Waals surface area contributed by atoms with Gasteiger partial charge in [0.05, 0.1) is 20.2 Å². The summed E-state index contributed by atoms with van der Waals surface area (Å²) in [5.41, 5.74) is 6.85. The molecule has 2 aromatic carbocycles. The predicted octanol–water partition coefficient (Wildman–Crippen LogP) is 3.15. The number of aromatic amines is 1. The Morgan fingerprint density at radius 2 is 1.78 bits per heavy atom. The molecule has 1 heterocycles. The average molecular weight is 494 g/mol. The third kappa shape index (κ3) is 6.04. The van der Waals surface area contributed by atoms with Crippen LogP contribution in [0.1, 0.15) is 43.9 Å². The van der Waals surface area contributed by atoms with Crippen molar-refractivity contribution in [1.82, 2.24) is 14.5 Å². The van der Waals surface area contributed by atoms with Crippen molar-refractivity contribution in [1.29, 1.82) is 0 Å². The van der Waals surface area contributed by atoms with Gasteiger partial charge in [0.15, 0.2) is 5.69 Å². The lowest BCUT2D eigenvalue weighted by Gasteiger charge is -2.30. The van der Waals surface area contributed by atoms with Crippen LogP contribution in [-0.2, 0) is 17.9 Å². The van der Waals surface area contributed by atoms with Gasteiger partial charge in [0.1, 0.15) is 11.6 Å². The lowest BCUT2D eigenvalue weighted by Crippen LogP contribution is -2.44. The van der Waals surface area contributed by atoms with Crippen LogP contribution in [0.25, 0.3) is 0 Å². The molecule has 0 aliphatic heterocycles. The molecule has 0 aliphatic carbocycles. The maximum Gasteiger partial charge on any atom is 0.330 e. The Kier molecular flexibility index (Phi) is 9.08. The van der Waals surface area contributed by atoms with Gasteiger partial charge in [0, 0.05) is 18.2 Å². The molecule has 0 saturated carbocycles. The minimum Gasteiger partial charge on any atom is -0.496 e. The first-order valence-corrected chi connectivity index (χ1v) is 12.1. The number of nitrogen functional groups attached to an aromatic ring is 1. The van der Waals surface area contributed by atoms with Gasteiger partial charge in [0.2, 0.25) is 5.91 Å². The van der Waals surface area contributed by atoms with Gasteiger partial charge in [-0.2, -0.15) is 0 Å². The first kappa shape index (κ1) is 26.7. The number of hydrogen-bond acceptors (Lipinski definition) is 6. The molecule has 1 aromatic heterocycles. The first-order chi connectivity index (χ1) is 17.3. The van der Waals surface area contributed by atoms with Gasteiger partial charge in [-0.05, 0) is 32.0 Å². The van der Waals surface area contributed by atoms with Crippen LogP contribution in [0.15, 0.2) is 64.2 Å². The molecule has 36 heavy (non-hydrogen) atoms. The Morgan fingerprint density at radius 1 is 1.11 bits per heavy atom. The van der Waals surface area contributed by atoms with Crippen molar-refractivity contribution in [3.05, 3.63) is 86.6 Å². The summed E-state index contributed by atoms with van der Waals surface area (Å²) in [7, 11) is 3.45. The number of hydrogen-bond donors (Lipinski definition) is 2. The minimum atomic E-state index is -0.685. The number of carbonyl (C=O) groups excluding carboxylic acids is 1. The van der Waals surface area contributed by atoms with E-state index in [4.69, 9.17) is 10.5 Å². The maximum absolute atomic E-state index is 13.7. The number of amides is 1. The highest BCUT2D eigenvalue weighted by Crippen LogP contribution is 2.28. The average Bonchev–Trinajstić information content (AvgIpc) is 2.87. The van der Waals surface area contributed by atoms with Crippen LogP contribution in [0.3, 0.4) is 0 Å². The number of H-pyrrole nitrogens is 1. The van der Waals surface area contributed by atoms with Crippen molar-refractivity contribution in [2.24, 2.45) is 0 Å². The molecule has 0 saturated heterocycles. The van der Waals surface area contributed by atoms with Gasteiger partial charge in [-0.1, -0.05) is 61.9 Å². The lowest BCUT2D eigenvalue weighted by atomic mass is 10.1. The summed E-state index contributed by atoms with van der Waals surface area (Å²) in [6, 6.07) is 16.9. The first-order valence-electron chi connectivity index (χ1n) is 12.1. The summed E-state index contributed by atoms with van der Waals surface area (Å²) in [5.74, 6) is 0.400. The fourth-order valence-corrected chi connectivity index (χ4v) is 4.12. The van der Waals surface area contributed by atoms with Gasteiger partial charge in [-0.3, -0.25) is 28.9 Å². The molecule has 0 bridgehead atoms. The van der Waals surface area contributed by atoms with E-state index < -0.39 is 11.2 Å². The molecule has 9 nitrogen and oxygen atoms in total. The van der Waals surface area contributed by atoms with Crippen LogP contribution in [0, 0.1) is 0 Å². The number of unbranched alkanes of at least 4 members (excludes halogenated alkanes) is 1. The van der Waals surface area contributed by atoms with Crippen molar-refractivity contribution in [3.63, 3.8) is 0 Å². The van der Waals surface area contributed by atoms with Crippen molar-refractivity contribution in [2.75, 3.05) is 31.3 Å². The summed E-state index contributed by atoms with van der Waals surface area (Å²) in [6.07, 6.45) is 1.56. The maximum atomic E-state index is 13.7. The summed E-state index contributed by atoms with van der Waals surface area (Å²) in [5, 5.41) is 0. The molecule has 1 atom stereocenters. The van der Waals surface area contributed by atoms with Crippen LogP contribution >= 0.6 is 0 Å². The molecule has 0 radical (unpaired) electrons. The third-order valence-corrected chi connectivity index (χ3v) is 6.34. The second-order valence-corrected chi connectivity index (χ2v) is 8.80. The Bertz CT molecular complexity index is 1290. The number of nitrogens with zero attached hydrogens (tertiary/aromatic N) is 3. The highest BCUT2D eigenvalue weighted by Gasteiger charge is 2.27. The SMILES string of the molecule is CCCCn1c(N)c(N(Cc2ccccc2)C(=O)CN(C)C(C)c2ccccc2OC)c(=O)[nH]c1=O. The molecule has 9 heteroatoms. The molecular formula is C27H35N5O4. The lowest BCUT2D eigenvalue weighted by molar-refractivity contribution is -0.120. The number of anilines is 2. The van der Waals surface area contributed by atoms with Crippen LogP contribution in [0.5, 0.6) is 5.75 Å². The Labute approximate surface area is 211 Å². The number of likely N-dealkylation sites (N-methyl/N-ethyl adjacent to an activating group) is 1. The molecule has 1 unspecified atom stereocenters. The summed E-state index contributed by atoms with van der Waals surface area (Å²) >= 11 is 0. The van der Waals surface area contributed by atoms with E-state index in [-0.39, 0.29) is 36.5 Å². The topological polar surface area (TPSA) is 114 Å². The van der Waals surface area contributed by atoms with E-state index in [0.717, 1.165) is 23.3 Å². The molecule has 3 rings (SSSR count). The molecule has 0 fully saturated rings. The monoisotopic (exact) mass is 493 g/mol.